The fourth-order valence-electron chi connectivity index (χ4n) is 2.47. The van der Waals surface area contributed by atoms with E-state index in [4.69, 9.17) is 5.11 Å². The lowest BCUT2D eigenvalue weighted by Gasteiger charge is -2.40. The first-order valence-corrected chi connectivity index (χ1v) is 7.90. The molecule has 21 heavy (non-hydrogen) atoms. The maximum Gasteiger partial charge on any atom is 0.303 e. The molecule has 1 aliphatic rings. The number of carboxylic acids is 1. The molecule has 1 fully saturated rings. The monoisotopic (exact) mass is 319 g/mol. The summed E-state index contributed by atoms with van der Waals surface area (Å²) in [5, 5.41) is 8.85. The molecule has 8 heteroatoms. The molecule has 116 valence electrons. The van der Waals surface area contributed by atoms with Crippen LogP contribution in [0.25, 0.3) is 0 Å². The van der Waals surface area contributed by atoms with Gasteiger partial charge in [-0.1, -0.05) is 12.5 Å². The number of carboxylic acid groups (broad SMARTS) is 1. The number of carbonyl (C=O) groups is 1. The first-order valence-electron chi connectivity index (χ1n) is 6.41. The number of benzene rings is 1. The maximum absolute atomic E-state index is 13.5. The molecule has 0 radical (unpaired) electrons. The Hall–Kier alpha value is -1.54. The molecular weight excluding hydrogens is 304 g/mol. The van der Waals surface area contributed by atoms with Crippen molar-refractivity contribution in [3.05, 3.63) is 29.8 Å². The van der Waals surface area contributed by atoms with Gasteiger partial charge < -0.3 is 5.11 Å². The Kier molecular flexibility index (Phi) is 4.29. The normalized spacial score (nSPS) is 17.2. The van der Waals surface area contributed by atoms with E-state index < -0.39 is 37.9 Å². The summed E-state index contributed by atoms with van der Waals surface area (Å²) in [5.41, 5.74) is -0.666. The fourth-order valence-corrected chi connectivity index (χ4v) is 3.76. The minimum atomic E-state index is -4.36. The van der Waals surface area contributed by atoms with Crippen molar-refractivity contribution in [2.45, 2.75) is 30.6 Å². The van der Waals surface area contributed by atoms with Crippen LogP contribution in [0.2, 0.25) is 0 Å². The Morgan fingerprint density at radius 2 is 1.86 bits per heavy atom. The fraction of sp³-hybridized carbons (Fsp3) is 0.462. The van der Waals surface area contributed by atoms with Crippen LogP contribution in [0.5, 0.6) is 0 Å². The van der Waals surface area contributed by atoms with Crippen LogP contribution in [0.4, 0.5) is 8.78 Å². The second kappa shape index (κ2) is 5.69. The van der Waals surface area contributed by atoms with Crippen LogP contribution in [0.15, 0.2) is 23.1 Å². The van der Waals surface area contributed by atoms with Gasteiger partial charge >= 0.3 is 5.97 Å². The third-order valence-corrected chi connectivity index (χ3v) is 5.22. The summed E-state index contributed by atoms with van der Waals surface area (Å²) >= 11 is 0. The van der Waals surface area contributed by atoms with Crippen LogP contribution in [-0.4, -0.2) is 26.0 Å². The van der Waals surface area contributed by atoms with Crippen LogP contribution < -0.4 is 4.72 Å². The molecule has 0 bridgehead atoms. The van der Waals surface area contributed by atoms with Crippen molar-refractivity contribution in [3.63, 3.8) is 0 Å². The highest BCUT2D eigenvalue weighted by molar-refractivity contribution is 7.89. The second-order valence-electron chi connectivity index (χ2n) is 5.30. The Balaban J connectivity index is 2.17. The van der Waals surface area contributed by atoms with E-state index in [0.29, 0.717) is 12.8 Å². The average Bonchev–Trinajstić information content (AvgIpc) is 2.31. The van der Waals surface area contributed by atoms with E-state index in [9.17, 15) is 22.0 Å². The summed E-state index contributed by atoms with van der Waals surface area (Å²) in [6.07, 6.45) is 1.78. The Morgan fingerprint density at radius 1 is 1.29 bits per heavy atom. The lowest BCUT2D eigenvalue weighted by atomic mass is 9.67. The zero-order valence-electron chi connectivity index (χ0n) is 11.1. The largest absolute Gasteiger partial charge is 0.481 e. The molecule has 1 aliphatic carbocycles. The van der Waals surface area contributed by atoms with Crippen LogP contribution in [0.1, 0.15) is 25.7 Å². The van der Waals surface area contributed by atoms with Crippen molar-refractivity contribution < 1.29 is 27.1 Å². The molecule has 0 atom stereocenters. The highest BCUT2D eigenvalue weighted by Gasteiger charge is 2.40. The molecule has 0 spiro atoms. The molecule has 0 aliphatic heterocycles. The minimum absolute atomic E-state index is 0.143. The molecule has 0 amide bonds. The number of aliphatic carboxylic acids is 1. The Bertz CT molecular complexity index is 636. The average molecular weight is 319 g/mol. The first-order chi connectivity index (χ1) is 9.76. The van der Waals surface area contributed by atoms with Gasteiger partial charge in [-0.15, -0.1) is 0 Å². The molecule has 0 aromatic heterocycles. The Morgan fingerprint density at radius 3 is 2.29 bits per heavy atom. The summed E-state index contributed by atoms with van der Waals surface area (Å²) in [5.74, 6) is -3.38. The van der Waals surface area contributed by atoms with Crippen molar-refractivity contribution in [1.82, 2.24) is 4.72 Å². The lowest BCUT2D eigenvalue weighted by Crippen LogP contribution is -2.43. The van der Waals surface area contributed by atoms with E-state index in [2.05, 4.69) is 4.72 Å². The summed E-state index contributed by atoms with van der Waals surface area (Å²) in [4.78, 5) is 9.78. The van der Waals surface area contributed by atoms with Crippen molar-refractivity contribution in [1.29, 1.82) is 0 Å². The van der Waals surface area contributed by atoms with Gasteiger partial charge in [0.2, 0.25) is 10.0 Å². The number of nitrogens with one attached hydrogen (secondary N) is 1. The number of hydrogen-bond donors (Lipinski definition) is 2. The summed E-state index contributed by atoms with van der Waals surface area (Å²) < 4.78 is 53.2. The van der Waals surface area contributed by atoms with Gasteiger partial charge in [0, 0.05) is 6.54 Å². The number of hydrogen-bond acceptors (Lipinski definition) is 3. The van der Waals surface area contributed by atoms with Crippen LogP contribution >= 0.6 is 0 Å². The number of sulfonamides is 1. The highest BCUT2D eigenvalue weighted by atomic mass is 32.2. The van der Waals surface area contributed by atoms with Gasteiger partial charge in [0.15, 0.2) is 4.90 Å². The molecule has 1 aromatic carbocycles. The predicted octanol–water partition coefficient (Wildman–Crippen LogP) is 1.89. The van der Waals surface area contributed by atoms with Crippen molar-refractivity contribution >= 4 is 16.0 Å². The molecule has 0 heterocycles. The van der Waals surface area contributed by atoms with Crippen molar-refractivity contribution in [2.24, 2.45) is 5.41 Å². The summed E-state index contributed by atoms with van der Waals surface area (Å²) in [6, 6.07) is 2.78. The molecule has 2 rings (SSSR count). The number of rotatable bonds is 6. The first kappa shape index (κ1) is 15.8. The zero-order valence-corrected chi connectivity index (χ0v) is 11.9. The van der Waals surface area contributed by atoms with E-state index in [0.717, 1.165) is 24.6 Å². The van der Waals surface area contributed by atoms with E-state index in [1.54, 1.807) is 0 Å². The molecular formula is C13H15F2NO4S. The SMILES string of the molecule is O=C(O)CC1(CNS(=O)(=O)c2c(F)cccc2F)CCC1. The second-order valence-corrected chi connectivity index (χ2v) is 7.00. The van der Waals surface area contributed by atoms with Gasteiger partial charge in [0.1, 0.15) is 11.6 Å². The third kappa shape index (κ3) is 3.38. The molecule has 0 saturated heterocycles. The zero-order chi connectivity index (χ0) is 15.7. The molecule has 5 nitrogen and oxygen atoms in total. The van der Waals surface area contributed by atoms with E-state index >= 15 is 0 Å². The third-order valence-electron chi connectivity index (χ3n) is 3.77. The predicted molar refractivity (Wildman–Crippen MR) is 70.1 cm³/mol. The lowest BCUT2D eigenvalue weighted by molar-refractivity contribution is -0.141. The molecule has 0 unspecified atom stereocenters. The van der Waals surface area contributed by atoms with Crippen LogP contribution in [0, 0.1) is 17.0 Å². The quantitative estimate of drug-likeness (QED) is 0.839. The van der Waals surface area contributed by atoms with Crippen molar-refractivity contribution in [3.8, 4) is 0 Å². The van der Waals surface area contributed by atoms with E-state index in [1.807, 2.05) is 0 Å². The standard InChI is InChI=1S/C13H15F2NO4S/c14-9-3-1-4-10(15)12(9)21(19,20)16-8-13(5-2-6-13)7-11(17)18/h1,3-4,16H,2,5-8H2,(H,17,18). The van der Waals surface area contributed by atoms with Gasteiger partial charge in [-0.2, -0.15) is 0 Å². The van der Waals surface area contributed by atoms with Gasteiger partial charge in [0.25, 0.3) is 0 Å². The van der Waals surface area contributed by atoms with Gasteiger partial charge in [-0.25, -0.2) is 21.9 Å². The van der Waals surface area contributed by atoms with Crippen LogP contribution in [-0.2, 0) is 14.8 Å². The van der Waals surface area contributed by atoms with E-state index in [-0.39, 0.29) is 13.0 Å². The smallest absolute Gasteiger partial charge is 0.303 e. The topological polar surface area (TPSA) is 83.5 Å². The van der Waals surface area contributed by atoms with Crippen molar-refractivity contribution in [2.75, 3.05) is 6.54 Å². The van der Waals surface area contributed by atoms with Gasteiger partial charge in [0.05, 0.1) is 6.42 Å². The Labute approximate surface area is 121 Å². The summed E-state index contributed by atoms with van der Waals surface area (Å²) in [6.45, 7) is -0.143. The molecule has 1 aromatic rings. The minimum Gasteiger partial charge on any atom is -0.481 e. The van der Waals surface area contributed by atoms with E-state index in [1.165, 1.54) is 0 Å². The van der Waals surface area contributed by atoms with Gasteiger partial charge in [-0.05, 0) is 30.4 Å². The molecule has 1 saturated carbocycles. The van der Waals surface area contributed by atoms with Crippen LogP contribution in [0.3, 0.4) is 0 Å². The summed E-state index contributed by atoms with van der Waals surface area (Å²) in [7, 11) is -4.36. The maximum atomic E-state index is 13.5. The van der Waals surface area contributed by atoms with Gasteiger partial charge in [-0.3, -0.25) is 4.79 Å². The molecule has 2 N–H and O–H groups in total. The highest BCUT2D eigenvalue weighted by Crippen LogP contribution is 2.43. The number of halogens is 2.